The van der Waals surface area contributed by atoms with E-state index in [1.54, 1.807) is 0 Å². The van der Waals surface area contributed by atoms with Gasteiger partial charge in [0.1, 0.15) is 6.61 Å². The first-order valence-corrected chi connectivity index (χ1v) is 7.99. The largest absolute Gasteiger partial charge is 0.481 e. The molecule has 0 heterocycles. The number of aliphatic hydroxyl groups is 1. The summed E-state index contributed by atoms with van der Waals surface area (Å²) < 4.78 is 193. The number of aliphatic hydroxyl groups excluding tert-OH is 1. The van der Waals surface area contributed by atoms with Crippen molar-refractivity contribution in [1.29, 1.82) is 0 Å². The Hall–Kier alpha value is -2.78. The van der Waals surface area contributed by atoms with Crippen LogP contribution in [0, 0.1) is 46.5 Å². The first kappa shape index (κ1) is 26.5. The number of hydrogen-bond acceptors (Lipinski definition) is 2. The number of ether oxygens (including phenoxy) is 1. The number of rotatable bonds is 7. The van der Waals surface area contributed by atoms with E-state index in [0.717, 1.165) is 0 Å². The predicted octanol–water partition coefficient (Wildman–Crippen LogP) is 5.74. The molecule has 0 atom stereocenters. The molecule has 0 aromatic heterocycles. The maximum Gasteiger partial charge on any atom is 0.377 e. The van der Waals surface area contributed by atoms with Crippen LogP contribution in [0.2, 0.25) is 0 Å². The number of halogens is 14. The van der Waals surface area contributed by atoms with Crippen LogP contribution in [-0.2, 0) is 0 Å². The van der Waals surface area contributed by atoms with Crippen LogP contribution in [0.5, 0.6) is 5.75 Å². The smallest absolute Gasteiger partial charge is 0.377 e. The molecule has 184 valence electrons. The summed E-state index contributed by atoms with van der Waals surface area (Å²) in [5.74, 6) is -41.9. The molecule has 0 saturated carbocycles. The SMILES string of the molecule is OCC(F)(F)C(F)(F)C(F)(F)COc1c(F)c(F)c(-c2c(F)c(F)cc(F)c2F)c(F)c1F. The zero-order chi connectivity index (χ0) is 25.7. The lowest BCUT2D eigenvalue weighted by Gasteiger charge is -2.31. The lowest BCUT2D eigenvalue weighted by Crippen LogP contribution is -2.58. The van der Waals surface area contributed by atoms with Crippen molar-refractivity contribution < 1.29 is 71.3 Å². The van der Waals surface area contributed by atoms with Gasteiger partial charge < -0.3 is 9.84 Å². The molecule has 0 aliphatic heterocycles. The lowest BCUT2D eigenvalue weighted by atomic mass is 10.0. The minimum absolute atomic E-state index is 0.432. The molecule has 2 nitrogen and oxygen atoms in total. The third-order valence-corrected chi connectivity index (χ3v) is 4.10. The van der Waals surface area contributed by atoms with Gasteiger partial charge in [0.05, 0.1) is 11.1 Å². The minimum Gasteiger partial charge on any atom is -0.481 e. The Morgan fingerprint density at radius 1 is 0.606 bits per heavy atom. The molecule has 0 saturated heterocycles. The summed E-state index contributed by atoms with van der Waals surface area (Å²) in [5.41, 5.74) is -4.71. The van der Waals surface area contributed by atoms with Gasteiger partial charge in [-0.2, -0.15) is 35.1 Å². The molecule has 16 heteroatoms. The Labute approximate surface area is 173 Å². The maximum absolute atomic E-state index is 14.2. The molecule has 0 unspecified atom stereocenters. The summed E-state index contributed by atoms with van der Waals surface area (Å²) in [6.45, 7) is -5.85. The Bertz CT molecular complexity index is 1030. The van der Waals surface area contributed by atoms with Gasteiger partial charge in [-0.1, -0.05) is 0 Å². The zero-order valence-electron chi connectivity index (χ0n) is 15.1. The molecule has 0 aliphatic carbocycles. The van der Waals surface area contributed by atoms with E-state index in [-0.39, 0.29) is 0 Å². The van der Waals surface area contributed by atoms with Crippen LogP contribution in [0.25, 0.3) is 11.1 Å². The Balaban J connectivity index is 2.60. The highest BCUT2D eigenvalue weighted by Crippen LogP contribution is 2.46. The standard InChI is InChI=1S/C17H6F14O2/c18-4-1-5(19)9(21)6(8(4)20)7-10(22)12(24)14(13(25)11(7)23)33-3-16(28,29)17(30,31)15(26,27)2-32/h1,32H,2-3H2. The number of benzene rings is 2. The second-order valence-electron chi connectivity index (χ2n) is 6.23. The van der Waals surface area contributed by atoms with Gasteiger partial charge in [-0.3, -0.25) is 0 Å². The van der Waals surface area contributed by atoms with Crippen LogP contribution in [0.15, 0.2) is 6.07 Å². The topological polar surface area (TPSA) is 29.5 Å². The van der Waals surface area contributed by atoms with Gasteiger partial charge in [0.25, 0.3) is 0 Å². The Morgan fingerprint density at radius 2 is 1.00 bits per heavy atom. The molecule has 0 aliphatic rings. The molecule has 33 heavy (non-hydrogen) atoms. The second-order valence-corrected chi connectivity index (χ2v) is 6.23. The van der Waals surface area contributed by atoms with Crippen LogP contribution in [0.4, 0.5) is 61.5 Å². The summed E-state index contributed by atoms with van der Waals surface area (Å²) in [6.07, 6.45) is 0. The zero-order valence-corrected chi connectivity index (χ0v) is 15.1. The fraction of sp³-hybridized carbons (Fsp3) is 0.294. The van der Waals surface area contributed by atoms with Crippen molar-refractivity contribution in [1.82, 2.24) is 0 Å². The molecule has 0 bridgehead atoms. The molecule has 1 N–H and O–H groups in total. The van der Waals surface area contributed by atoms with E-state index < -0.39 is 100 Å². The van der Waals surface area contributed by atoms with E-state index in [4.69, 9.17) is 5.11 Å². The molecule has 2 rings (SSSR count). The second kappa shape index (κ2) is 8.53. The van der Waals surface area contributed by atoms with E-state index in [1.807, 2.05) is 0 Å². The fourth-order valence-corrected chi connectivity index (χ4v) is 2.37. The molecular formula is C17H6F14O2. The molecule has 0 radical (unpaired) electrons. The van der Waals surface area contributed by atoms with Gasteiger partial charge in [-0.25, -0.2) is 26.3 Å². The highest BCUT2D eigenvalue weighted by Gasteiger charge is 2.71. The van der Waals surface area contributed by atoms with Crippen molar-refractivity contribution in [3.05, 3.63) is 52.6 Å². The van der Waals surface area contributed by atoms with Gasteiger partial charge in [-0.15, -0.1) is 0 Å². The van der Waals surface area contributed by atoms with Crippen LogP contribution in [0.3, 0.4) is 0 Å². The van der Waals surface area contributed by atoms with Crippen molar-refractivity contribution in [3.8, 4) is 16.9 Å². The Morgan fingerprint density at radius 3 is 1.39 bits per heavy atom. The fourth-order valence-electron chi connectivity index (χ4n) is 2.37. The quantitative estimate of drug-likeness (QED) is 0.382. The molecular weight excluding hydrogens is 502 g/mol. The summed E-state index contributed by atoms with van der Waals surface area (Å²) in [6, 6.07) is -0.432. The third-order valence-electron chi connectivity index (χ3n) is 4.10. The summed E-state index contributed by atoms with van der Waals surface area (Å²) >= 11 is 0. The molecule has 0 amide bonds. The van der Waals surface area contributed by atoms with Gasteiger partial charge in [0.15, 0.2) is 47.3 Å². The molecule has 0 spiro atoms. The predicted molar refractivity (Wildman–Crippen MR) is 79.0 cm³/mol. The maximum atomic E-state index is 14.2. The van der Waals surface area contributed by atoms with E-state index in [2.05, 4.69) is 4.74 Å². The lowest BCUT2D eigenvalue weighted by molar-refractivity contribution is -0.321. The van der Waals surface area contributed by atoms with Crippen molar-refractivity contribution in [3.63, 3.8) is 0 Å². The van der Waals surface area contributed by atoms with Crippen molar-refractivity contribution >= 4 is 0 Å². The van der Waals surface area contributed by atoms with Crippen molar-refractivity contribution in [2.24, 2.45) is 0 Å². The third kappa shape index (κ3) is 4.15. The van der Waals surface area contributed by atoms with Gasteiger partial charge in [0.2, 0.25) is 11.6 Å². The number of hydrogen-bond donors (Lipinski definition) is 1. The van der Waals surface area contributed by atoms with Gasteiger partial charge in [0, 0.05) is 6.07 Å². The minimum atomic E-state index is -6.40. The average Bonchev–Trinajstić information content (AvgIpc) is 2.72. The van der Waals surface area contributed by atoms with E-state index in [0.29, 0.717) is 0 Å². The molecule has 0 fully saturated rings. The van der Waals surface area contributed by atoms with E-state index in [1.165, 1.54) is 0 Å². The summed E-state index contributed by atoms with van der Waals surface area (Å²) in [4.78, 5) is 0. The normalized spacial score (nSPS) is 12.9. The van der Waals surface area contributed by atoms with E-state index >= 15 is 0 Å². The van der Waals surface area contributed by atoms with Crippen LogP contribution in [0.1, 0.15) is 0 Å². The average molecular weight is 508 g/mol. The summed E-state index contributed by atoms with van der Waals surface area (Å²) in [5, 5.41) is 8.12. The van der Waals surface area contributed by atoms with E-state index in [9.17, 15) is 61.5 Å². The number of alkyl halides is 6. The molecule has 2 aromatic rings. The van der Waals surface area contributed by atoms with Crippen LogP contribution >= 0.6 is 0 Å². The van der Waals surface area contributed by atoms with Gasteiger partial charge in [-0.05, 0) is 0 Å². The van der Waals surface area contributed by atoms with Gasteiger partial charge >= 0.3 is 17.8 Å². The van der Waals surface area contributed by atoms with Crippen LogP contribution < -0.4 is 4.74 Å². The highest BCUT2D eigenvalue weighted by atomic mass is 19.3. The molecule has 2 aromatic carbocycles. The summed E-state index contributed by atoms with van der Waals surface area (Å²) in [7, 11) is 0. The first-order chi connectivity index (χ1) is 14.9. The van der Waals surface area contributed by atoms with Crippen LogP contribution in [-0.4, -0.2) is 36.1 Å². The van der Waals surface area contributed by atoms with Crippen molar-refractivity contribution in [2.75, 3.05) is 13.2 Å². The Kier molecular flexibility index (Phi) is 6.85. The van der Waals surface area contributed by atoms with Crippen molar-refractivity contribution in [2.45, 2.75) is 17.8 Å². The first-order valence-electron chi connectivity index (χ1n) is 7.99. The monoisotopic (exact) mass is 508 g/mol. The highest BCUT2D eigenvalue weighted by molar-refractivity contribution is 5.68.